The molecule has 0 radical (unpaired) electrons. The lowest BCUT2D eigenvalue weighted by Gasteiger charge is -2.45. The van der Waals surface area contributed by atoms with E-state index in [1.807, 2.05) is 0 Å². The van der Waals surface area contributed by atoms with Crippen LogP contribution >= 0.6 is 11.8 Å². The highest BCUT2D eigenvalue weighted by atomic mass is 32.2. The Morgan fingerprint density at radius 3 is 2.83 bits per heavy atom. The molecule has 3 nitrogen and oxygen atoms in total. The van der Waals surface area contributed by atoms with Crippen molar-refractivity contribution in [2.75, 3.05) is 18.6 Å². The van der Waals surface area contributed by atoms with Gasteiger partial charge in [0.1, 0.15) is 0 Å². The Morgan fingerprint density at radius 2 is 2.06 bits per heavy atom. The van der Waals surface area contributed by atoms with Gasteiger partial charge in [-0.15, -0.1) is 0 Å². The van der Waals surface area contributed by atoms with Gasteiger partial charge in [0.25, 0.3) is 0 Å². The number of hydrogen-bond acceptors (Lipinski definition) is 3. The van der Waals surface area contributed by atoms with E-state index < -0.39 is 0 Å². The van der Waals surface area contributed by atoms with E-state index >= 15 is 0 Å². The first-order valence-corrected chi connectivity index (χ1v) is 8.68. The van der Waals surface area contributed by atoms with Gasteiger partial charge in [-0.2, -0.15) is 11.8 Å². The van der Waals surface area contributed by atoms with Gasteiger partial charge in [0, 0.05) is 12.6 Å². The average molecular weight is 270 g/mol. The third-order valence-corrected chi connectivity index (χ3v) is 5.12. The third-order valence-electron chi connectivity index (χ3n) is 4.48. The predicted molar refractivity (Wildman–Crippen MR) is 77.7 cm³/mol. The topological polar surface area (TPSA) is 46.3 Å². The van der Waals surface area contributed by atoms with Crippen LogP contribution in [0, 0.1) is 5.92 Å². The van der Waals surface area contributed by atoms with Crippen molar-refractivity contribution in [3.8, 4) is 0 Å². The molecule has 0 aromatic heterocycles. The molecule has 1 aliphatic heterocycles. The summed E-state index contributed by atoms with van der Waals surface area (Å²) in [6, 6.07) is 0.221. The van der Waals surface area contributed by atoms with Crippen LogP contribution in [-0.4, -0.2) is 41.4 Å². The molecule has 1 saturated carbocycles. The van der Waals surface area contributed by atoms with Crippen molar-refractivity contribution in [2.24, 2.45) is 11.7 Å². The zero-order valence-electron chi connectivity index (χ0n) is 11.4. The number of carbonyl (C=O) groups is 1. The van der Waals surface area contributed by atoms with Crippen molar-refractivity contribution in [3.63, 3.8) is 0 Å². The molecule has 2 aliphatic rings. The number of piperidine rings is 1. The molecule has 0 aromatic rings. The number of nitrogens with two attached hydrogens (primary N) is 1. The SMILES string of the molecule is CSCC[C@@H](N)C(=O)N1CCCC2CCCCC21. The zero-order chi connectivity index (χ0) is 13.0. The maximum absolute atomic E-state index is 12.5. The molecule has 1 saturated heterocycles. The van der Waals surface area contributed by atoms with Gasteiger partial charge in [-0.1, -0.05) is 12.8 Å². The Bertz CT molecular complexity index is 283. The molecule has 1 heterocycles. The minimum atomic E-state index is -0.280. The smallest absolute Gasteiger partial charge is 0.239 e. The summed E-state index contributed by atoms with van der Waals surface area (Å²) in [5.41, 5.74) is 6.05. The monoisotopic (exact) mass is 270 g/mol. The van der Waals surface area contributed by atoms with Crippen molar-refractivity contribution in [3.05, 3.63) is 0 Å². The van der Waals surface area contributed by atoms with Gasteiger partial charge in [-0.25, -0.2) is 0 Å². The van der Waals surface area contributed by atoms with E-state index in [-0.39, 0.29) is 11.9 Å². The van der Waals surface area contributed by atoms with Crippen LogP contribution in [-0.2, 0) is 4.79 Å². The van der Waals surface area contributed by atoms with E-state index in [0.29, 0.717) is 6.04 Å². The Labute approximate surface area is 115 Å². The molecular formula is C14H26N2OS. The van der Waals surface area contributed by atoms with Crippen molar-refractivity contribution < 1.29 is 4.79 Å². The van der Waals surface area contributed by atoms with E-state index in [9.17, 15) is 4.79 Å². The van der Waals surface area contributed by atoms with Crippen LogP contribution in [0.2, 0.25) is 0 Å². The number of likely N-dealkylation sites (tertiary alicyclic amines) is 1. The van der Waals surface area contributed by atoms with Gasteiger partial charge in [0.05, 0.1) is 6.04 Å². The first-order valence-electron chi connectivity index (χ1n) is 7.29. The zero-order valence-corrected chi connectivity index (χ0v) is 12.3. The van der Waals surface area contributed by atoms with Crippen LogP contribution in [0.1, 0.15) is 44.9 Å². The Morgan fingerprint density at radius 1 is 1.33 bits per heavy atom. The van der Waals surface area contributed by atoms with Gasteiger partial charge in [-0.05, 0) is 50.0 Å². The van der Waals surface area contributed by atoms with E-state index in [2.05, 4.69) is 11.2 Å². The Balaban J connectivity index is 1.95. The van der Waals surface area contributed by atoms with Crippen LogP contribution in [0.4, 0.5) is 0 Å². The van der Waals surface area contributed by atoms with Crippen LogP contribution in [0.3, 0.4) is 0 Å². The number of fused-ring (bicyclic) bond motifs is 1. The summed E-state index contributed by atoms with van der Waals surface area (Å²) in [7, 11) is 0. The molecule has 4 heteroatoms. The molecule has 3 atom stereocenters. The van der Waals surface area contributed by atoms with E-state index in [1.54, 1.807) is 11.8 Å². The highest BCUT2D eigenvalue weighted by molar-refractivity contribution is 7.98. The lowest BCUT2D eigenvalue weighted by molar-refractivity contribution is -0.139. The number of amides is 1. The van der Waals surface area contributed by atoms with Gasteiger partial charge >= 0.3 is 0 Å². The number of hydrogen-bond donors (Lipinski definition) is 1. The highest BCUT2D eigenvalue weighted by Gasteiger charge is 2.36. The summed E-state index contributed by atoms with van der Waals surface area (Å²) < 4.78 is 0. The average Bonchev–Trinajstić information content (AvgIpc) is 2.43. The second-order valence-corrected chi connectivity index (χ2v) is 6.66. The molecule has 2 unspecified atom stereocenters. The first-order chi connectivity index (χ1) is 8.74. The van der Waals surface area contributed by atoms with Crippen molar-refractivity contribution in [1.29, 1.82) is 0 Å². The van der Waals surface area contributed by atoms with E-state index in [1.165, 1.54) is 38.5 Å². The summed E-state index contributed by atoms with van der Waals surface area (Å²) >= 11 is 1.77. The van der Waals surface area contributed by atoms with Crippen LogP contribution in [0.5, 0.6) is 0 Å². The summed E-state index contributed by atoms with van der Waals surface area (Å²) in [5.74, 6) is 1.94. The summed E-state index contributed by atoms with van der Waals surface area (Å²) in [6.07, 6.45) is 10.5. The fourth-order valence-corrected chi connectivity index (χ4v) is 3.97. The molecule has 104 valence electrons. The van der Waals surface area contributed by atoms with Crippen molar-refractivity contribution in [2.45, 2.75) is 57.0 Å². The van der Waals surface area contributed by atoms with Gasteiger partial charge in [0.2, 0.25) is 5.91 Å². The second-order valence-electron chi connectivity index (χ2n) is 5.67. The molecule has 0 aromatic carbocycles. The molecule has 2 fully saturated rings. The number of rotatable bonds is 4. The molecule has 2 rings (SSSR count). The molecule has 0 bridgehead atoms. The summed E-state index contributed by atoms with van der Waals surface area (Å²) in [4.78, 5) is 14.6. The normalized spacial score (nSPS) is 29.8. The maximum Gasteiger partial charge on any atom is 0.239 e. The standard InChI is InChI=1S/C14H26N2OS/c1-18-10-8-12(15)14(17)16-9-4-6-11-5-2-3-7-13(11)16/h11-13H,2-10,15H2,1H3/t11?,12-,13?/m1/s1. The minimum absolute atomic E-state index is 0.209. The second kappa shape index (κ2) is 6.80. The van der Waals surface area contributed by atoms with Gasteiger partial charge in [0.15, 0.2) is 0 Å². The van der Waals surface area contributed by atoms with Crippen LogP contribution in [0.15, 0.2) is 0 Å². The van der Waals surface area contributed by atoms with E-state index in [4.69, 9.17) is 5.73 Å². The molecule has 1 aliphatic carbocycles. The highest BCUT2D eigenvalue weighted by Crippen LogP contribution is 2.35. The Kier molecular flexibility index (Phi) is 5.37. The number of nitrogens with zero attached hydrogens (tertiary/aromatic N) is 1. The molecule has 0 spiro atoms. The molecule has 1 amide bonds. The third kappa shape index (κ3) is 3.21. The molecule has 2 N–H and O–H groups in total. The number of thioether (sulfide) groups is 1. The fourth-order valence-electron chi connectivity index (χ4n) is 3.48. The minimum Gasteiger partial charge on any atom is -0.338 e. The van der Waals surface area contributed by atoms with Gasteiger partial charge < -0.3 is 10.6 Å². The fraction of sp³-hybridized carbons (Fsp3) is 0.929. The van der Waals surface area contributed by atoms with Gasteiger partial charge in [-0.3, -0.25) is 4.79 Å². The summed E-state index contributed by atoms with van der Waals surface area (Å²) in [5, 5.41) is 0. The lowest BCUT2D eigenvalue weighted by atomic mass is 9.78. The van der Waals surface area contributed by atoms with E-state index in [0.717, 1.165) is 24.6 Å². The first kappa shape index (κ1) is 14.2. The van der Waals surface area contributed by atoms with Crippen molar-refractivity contribution >= 4 is 17.7 Å². The Hall–Kier alpha value is -0.220. The van der Waals surface area contributed by atoms with Crippen LogP contribution < -0.4 is 5.73 Å². The summed E-state index contributed by atoms with van der Waals surface area (Å²) in [6.45, 7) is 0.937. The molecular weight excluding hydrogens is 244 g/mol. The van der Waals surface area contributed by atoms with Crippen molar-refractivity contribution in [1.82, 2.24) is 4.90 Å². The maximum atomic E-state index is 12.5. The van der Waals surface area contributed by atoms with Crippen LogP contribution in [0.25, 0.3) is 0 Å². The lowest BCUT2D eigenvalue weighted by Crippen LogP contribution is -2.54. The quantitative estimate of drug-likeness (QED) is 0.852. The largest absolute Gasteiger partial charge is 0.338 e. The predicted octanol–water partition coefficient (Wildman–Crippen LogP) is 2.25. The number of carbonyl (C=O) groups excluding carboxylic acids is 1. The molecule has 18 heavy (non-hydrogen) atoms.